The second-order valence-corrected chi connectivity index (χ2v) is 9.83. The molecule has 5 heterocycles. The van der Waals surface area contributed by atoms with Crippen LogP contribution in [0.4, 0.5) is 11.6 Å². The largest absolute Gasteiger partial charge is 0.382 e. The number of aromatic nitrogens is 5. The van der Waals surface area contributed by atoms with Crippen LogP contribution in [0.5, 0.6) is 0 Å². The van der Waals surface area contributed by atoms with E-state index in [9.17, 15) is 5.26 Å². The van der Waals surface area contributed by atoms with Crippen LogP contribution in [0.3, 0.4) is 0 Å². The van der Waals surface area contributed by atoms with Gasteiger partial charge in [0.15, 0.2) is 5.82 Å². The summed E-state index contributed by atoms with van der Waals surface area (Å²) in [5.74, 6) is 2.77. The molecule has 0 spiro atoms. The van der Waals surface area contributed by atoms with Crippen molar-refractivity contribution in [2.75, 3.05) is 43.4 Å². The van der Waals surface area contributed by atoms with Crippen LogP contribution in [0.2, 0.25) is 0 Å². The zero-order valence-electron chi connectivity index (χ0n) is 20.6. The molecule has 0 unspecified atom stereocenters. The number of likely N-dealkylation sites (tertiary alicyclic amines) is 1. The summed E-state index contributed by atoms with van der Waals surface area (Å²) in [7, 11) is 0. The topological polar surface area (TPSA) is 113 Å². The number of imidazole rings is 1. The Bertz CT molecular complexity index is 1210. The Kier molecular flexibility index (Phi) is 6.64. The molecule has 5 rings (SSSR count). The minimum absolute atomic E-state index is 0.240. The van der Waals surface area contributed by atoms with Crippen molar-refractivity contribution >= 4 is 11.6 Å². The molecule has 2 aliphatic rings. The van der Waals surface area contributed by atoms with Crippen LogP contribution >= 0.6 is 0 Å². The third-order valence-corrected chi connectivity index (χ3v) is 7.21. The van der Waals surface area contributed by atoms with E-state index in [4.69, 9.17) is 10.7 Å². The van der Waals surface area contributed by atoms with Gasteiger partial charge in [-0.3, -0.25) is 4.98 Å². The van der Waals surface area contributed by atoms with Crippen molar-refractivity contribution in [1.29, 1.82) is 5.26 Å². The quantitative estimate of drug-likeness (QED) is 0.558. The van der Waals surface area contributed by atoms with Gasteiger partial charge in [-0.15, -0.1) is 0 Å². The van der Waals surface area contributed by atoms with E-state index in [0.29, 0.717) is 23.2 Å². The fourth-order valence-electron chi connectivity index (χ4n) is 4.94. The monoisotopic (exact) mass is 471 g/mol. The number of pyridine rings is 1. The predicted molar refractivity (Wildman–Crippen MR) is 136 cm³/mol. The molecule has 0 bridgehead atoms. The van der Waals surface area contributed by atoms with Crippen molar-refractivity contribution in [3.8, 4) is 17.3 Å². The van der Waals surface area contributed by atoms with Gasteiger partial charge in [-0.1, -0.05) is 13.8 Å². The molecule has 9 nitrogen and oxygen atoms in total. The second kappa shape index (κ2) is 10.0. The first-order chi connectivity index (χ1) is 17.0. The van der Waals surface area contributed by atoms with Gasteiger partial charge in [0.25, 0.3) is 0 Å². The average Bonchev–Trinajstić information content (AvgIpc) is 3.27. The summed E-state index contributed by atoms with van der Waals surface area (Å²) in [6.07, 6.45) is 8.74. The summed E-state index contributed by atoms with van der Waals surface area (Å²) in [5, 5.41) is 9.53. The Balaban J connectivity index is 1.38. The summed E-state index contributed by atoms with van der Waals surface area (Å²) >= 11 is 0. The van der Waals surface area contributed by atoms with Crippen LogP contribution in [0.25, 0.3) is 11.3 Å². The van der Waals surface area contributed by atoms with Gasteiger partial charge in [-0.25, -0.2) is 15.0 Å². The maximum atomic E-state index is 9.53. The Morgan fingerprint density at radius 2 is 1.91 bits per heavy atom. The molecule has 182 valence electrons. The third-order valence-electron chi connectivity index (χ3n) is 7.21. The third kappa shape index (κ3) is 4.84. The highest BCUT2D eigenvalue weighted by molar-refractivity contribution is 5.63. The molecule has 0 aromatic carbocycles. The maximum absolute atomic E-state index is 9.53. The molecule has 2 aliphatic heterocycles. The highest BCUT2D eigenvalue weighted by atomic mass is 15.2. The number of nitrogen functional groups attached to an aromatic ring is 1. The first-order valence-corrected chi connectivity index (χ1v) is 12.5. The number of anilines is 2. The standard InChI is InChI=1S/C26H33N9/c1-18(2)22-14-20(4-7-29-22)23-16-35(13-12-33-8-3-9-33)25(32-23)19-5-10-34(11-6-19)26-21(15-27)24(28)30-17-31-26/h4,7,14,16-19H,3,5-6,8-13H2,1-2H3,(H2,28,30,31). The van der Waals surface area contributed by atoms with E-state index < -0.39 is 0 Å². The van der Waals surface area contributed by atoms with Crippen molar-refractivity contribution in [2.24, 2.45) is 0 Å². The molecule has 3 aromatic rings. The van der Waals surface area contributed by atoms with E-state index in [0.717, 1.165) is 61.8 Å². The van der Waals surface area contributed by atoms with E-state index in [-0.39, 0.29) is 5.82 Å². The van der Waals surface area contributed by atoms with E-state index in [1.807, 2.05) is 6.20 Å². The van der Waals surface area contributed by atoms with Crippen LogP contribution < -0.4 is 10.6 Å². The predicted octanol–water partition coefficient (Wildman–Crippen LogP) is 3.40. The molecule has 9 heteroatoms. The zero-order valence-corrected chi connectivity index (χ0v) is 20.6. The van der Waals surface area contributed by atoms with E-state index >= 15 is 0 Å². The summed E-state index contributed by atoms with van der Waals surface area (Å²) < 4.78 is 2.37. The first kappa shape index (κ1) is 23.2. The molecule has 0 saturated carbocycles. The van der Waals surface area contributed by atoms with Crippen LogP contribution in [-0.2, 0) is 6.54 Å². The number of piperidine rings is 1. The van der Waals surface area contributed by atoms with Crippen molar-refractivity contribution in [3.05, 3.63) is 47.9 Å². The summed E-state index contributed by atoms with van der Waals surface area (Å²) in [6, 6.07) is 6.40. The van der Waals surface area contributed by atoms with Crippen molar-refractivity contribution in [1.82, 2.24) is 29.4 Å². The second-order valence-electron chi connectivity index (χ2n) is 9.83. The number of nitriles is 1. The van der Waals surface area contributed by atoms with Crippen molar-refractivity contribution < 1.29 is 0 Å². The molecule has 0 amide bonds. The van der Waals surface area contributed by atoms with Crippen LogP contribution in [0, 0.1) is 11.3 Å². The lowest BCUT2D eigenvalue weighted by Crippen LogP contribution is -2.39. The first-order valence-electron chi connectivity index (χ1n) is 12.5. The Morgan fingerprint density at radius 1 is 1.11 bits per heavy atom. The Labute approximate surface area is 206 Å². The fraction of sp³-hybridized carbons (Fsp3) is 0.500. The summed E-state index contributed by atoms with van der Waals surface area (Å²) in [6.45, 7) is 10.3. The average molecular weight is 472 g/mol. The summed E-state index contributed by atoms with van der Waals surface area (Å²) in [4.78, 5) is 22.7. The van der Waals surface area contributed by atoms with E-state index in [1.165, 1.54) is 25.8 Å². The van der Waals surface area contributed by atoms with Crippen LogP contribution in [0.1, 0.15) is 62.0 Å². The smallest absolute Gasteiger partial charge is 0.152 e. The van der Waals surface area contributed by atoms with Gasteiger partial charge >= 0.3 is 0 Å². The fourth-order valence-corrected chi connectivity index (χ4v) is 4.94. The molecule has 3 aromatic heterocycles. The lowest BCUT2D eigenvalue weighted by atomic mass is 9.95. The minimum Gasteiger partial charge on any atom is -0.382 e. The molecular weight excluding hydrogens is 438 g/mol. The lowest BCUT2D eigenvalue weighted by molar-refractivity contribution is 0.173. The van der Waals surface area contributed by atoms with Crippen LogP contribution in [0.15, 0.2) is 30.9 Å². The normalized spacial score (nSPS) is 16.9. The molecule has 2 saturated heterocycles. The molecule has 2 N–H and O–H groups in total. The Morgan fingerprint density at radius 3 is 2.60 bits per heavy atom. The highest BCUT2D eigenvalue weighted by Gasteiger charge is 2.28. The Hall–Kier alpha value is -3.51. The minimum atomic E-state index is 0.240. The van der Waals surface area contributed by atoms with Gasteiger partial charge in [0.2, 0.25) is 0 Å². The molecular formula is C26H33N9. The number of nitrogens with two attached hydrogens (primary N) is 1. The number of nitrogens with zero attached hydrogens (tertiary/aromatic N) is 8. The van der Waals surface area contributed by atoms with Gasteiger partial charge in [0.1, 0.15) is 29.6 Å². The van der Waals surface area contributed by atoms with E-state index in [2.05, 4.69) is 67.6 Å². The molecule has 2 fully saturated rings. The summed E-state index contributed by atoms with van der Waals surface area (Å²) in [5.41, 5.74) is 9.51. The van der Waals surface area contributed by atoms with Gasteiger partial charge in [-0.2, -0.15) is 5.26 Å². The van der Waals surface area contributed by atoms with Gasteiger partial charge in [0.05, 0.1) is 5.69 Å². The maximum Gasteiger partial charge on any atom is 0.152 e. The SMILES string of the molecule is CC(C)c1cc(-c2cn(CCN3CCC3)c(C3CCN(c4ncnc(N)c4C#N)CC3)n2)ccn1. The zero-order chi connectivity index (χ0) is 24.4. The van der Waals surface area contributed by atoms with Gasteiger partial charge in [-0.05, 0) is 50.4 Å². The van der Waals surface area contributed by atoms with Gasteiger partial charge in [0, 0.05) is 55.7 Å². The highest BCUT2D eigenvalue weighted by Crippen LogP contribution is 2.33. The lowest BCUT2D eigenvalue weighted by Gasteiger charge is -2.34. The number of rotatable bonds is 7. The molecule has 0 atom stereocenters. The molecule has 35 heavy (non-hydrogen) atoms. The van der Waals surface area contributed by atoms with Gasteiger partial charge < -0.3 is 20.1 Å². The van der Waals surface area contributed by atoms with Crippen LogP contribution in [-0.4, -0.2) is 62.1 Å². The molecule has 0 aliphatic carbocycles. The molecule has 0 radical (unpaired) electrons. The number of hydrogen-bond acceptors (Lipinski definition) is 8. The van der Waals surface area contributed by atoms with Crippen molar-refractivity contribution in [2.45, 2.75) is 51.5 Å². The van der Waals surface area contributed by atoms with E-state index in [1.54, 1.807) is 0 Å². The van der Waals surface area contributed by atoms with Crippen molar-refractivity contribution in [3.63, 3.8) is 0 Å². The number of hydrogen-bond donors (Lipinski definition) is 1.